The molecule has 0 spiro atoms. The van der Waals surface area contributed by atoms with Crippen LogP contribution in [0.4, 0.5) is 0 Å². The molecular weight excluding hydrogens is 228 g/mol. The molecular formula is C14H28N2O2. The van der Waals surface area contributed by atoms with Crippen LogP contribution in [0.3, 0.4) is 0 Å². The first-order valence-corrected chi connectivity index (χ1v) is 7.34. The summed E-state index contributed by atoms with van der Waals surface area (Å²) < 4.78 is 11.7. The average Bonchev–Trinajstić information content (AvgIpc) is 2.35. The van der Waals surface area contributed by atoms with Crippen LogP contribution in [-0.4, -0.2) is 62.5 Å². The lowest BCUT2D eigenvalue weighted by Crippen LogP contribution is -2.52. The number of hydrogen-bond acceptors (Lipinski definition) is 4. The van der Waals surface area contributed by atoms with Gasteiger partial charge in [0.1, 0.15) is 0 Å². The molecule has 1 unspecified atom stereocenters. The van der Waals surface area contributed by atoms with Gasteiger partial charge in [-0.2, -0.15) is 0 Å². The quantitative estimate of drug-likeness (QED) is 0.751. The van der Waals surface area contributed by atoms with Crippen LogP contribution in [-0.2, 0) is 9.47 Å². The van der Waals surface area contributed by atoms with E-state index < -0.39 is 0 Å². The third-order valence-corrected chi connectivity index (χ3v) is 3.71. The summed E-state index contributed by atoms with van der Waals surface area (Å²) in [5.41, 5.74) is -0.0564. The van der Waals surface area contributed by atoms with Crippen LogP contribution in [0.15, 0.2) is 0 Å². The van der Waals surface area contributed by atoms with Crippen molar-refractivity contribution >= 4 is 0 Å². The molecule has 2 rings (SSSR count). The normalized spacial score (nSPS) is 29.3. The van der Waals surface area contributed by atoms with Crippen LogP contribution < -0.4 is 5.32 Å². The fourth-order valence-electron chi connectivity index (χ4n) is 2.75. The number of nitrogens with zero attached hydrogens (tertiary/aromatic N) is 1. The van der Waals surface area contributed by atoms with Gasteiger partial charge in [-0.15, -0.1) is 0 Å². The summed E-state index contributed by atoms with van der Waals surface area (Å²) >= 11 is 0. The number of ether oxygens (including phenoxy) is 2. The highest BCUT2D eigenvalue weighted by atomic mass is 16.5. The number of hydrogen-bond donors (Lipinski definition) is 1. The summed E-state index contributed by atoms with van der Waals surface area (Å²) in [6.45, 7) is 11.2. The van der Waals surface area contributed by atoms with Gasteiger partial charge < -0.3 is 19.7 Å². The minimum absolute atomic E-state index is 0.0564. The largest absolute Gasteiger partial charge is 0.377 e. The molecule has 2 heterocycles. The Morgan fingerprint density at radius 2 is 2.06 bits per heavy atom. The predicted molar refractivity (Wildman–Crippen MR) is 72.9 cm³/mol. The predicted octanol–water partition coefficient (Wildman–Crippen LogP) is 1.26. The molecule has 0 aromatic carbocycles. The molecule has 0 saturated carbocycles. The van der Waals surface area contributed by atoms with Crippen LogP contribution in [0, 0.1) is 0 Å². The molecule has 18 heavy (non-hydrogen) atoms. The Bertz CT molecular complexity index is 240. The molecule has 4 heteroatoms. The Morgan fingerprint density at radius 1 is 1.28 bits per heavy atom. The second-order valence-electron chi connectivity index (χ2n) is 6.11. The van der Waals surface area contributed by atoms with Crippen LogP contribution >= 0.6 is 0 Å². The van der Waals surface area contributed by atoms with Gasteiger partial charge in [-0.3, -0.25) is 0 Å². The van der Waals surface area contributed by atoms with Gasteiger partial charge in [0.25, 0.3) is 0 Å². The monoisotopic (exact) mass is 256 g/mol. The van der Waals surface area contributed by atoms with E-state index in [4.69, 9.17) is 9.47 Å². The standard InChI is InChI=1S/C14H28N2O2/c1-14(2)12-15-10-13(18-14)11-17-9-8-16-6-4-3-5-7-16/h13,15H,3-12H2,1-2H3. The van der Waals surface area contributed by atoms with Crippen LogP contribution in [0.1, 0.15) is 33.1 Å². The Morgan fingerprint density at radius 3 is 2.78 bits per heavy atom. The van der Waals surface area contributed by atoms with Gasteiger partial charge in [-0.25, -0.2) is 0 Å². The fraction of sp³-hybridized carbons (Fsp3) is 1.00. The zero-order valence-corrected chi connectivity index (χ0v) is 11.9. The van der Waals surface area contributed by atoms with Crippen molar-refractivity contribution in [2.24, 2.45) is 0 Å². The lowest BCUT2D eigenvalue weighted by atomic mass is 10.1. The zero-order valence-electron chi connectivity index (χ0n) is 11.9. The van der Waals surface area contributed by atoms with Crippen LogP contribution in [0.25, 0.3) is 0 Å². The molecule has 1 atom stereocenters. The second-order valence-corrected chi connectivity index (χ2v) is 6.11. The van der Waals surface area contributed by atoms with E-state index in [1.54, 1.807) is 0 Å². The highest BCUT2D eigenvalue weighted by Crippen LogP contribution is 2.15. The summed E-state index contributed by atoms with van der Waals surface area (Å²) in [4.78, 5) is 2.51. The molecule has 2 aliphatic heterocycles. The maximum Gasteiger partial charge on any atom is 0.0940 e. The van der Waals surface area contributed by atoms with Gasteiger partial charge in [0.15, 0.2) is 0 Å². The molecule has 0 radical (unpaired) electrons. The van der Waals surface area contributed by atoms with E-state index in [9.17, 15) is 0 Å². The SMILES string of the molecule is CC1(C)CNCC(COCCN2CCCCC2)O1. The Hall–Kier alpha value is -0.160. The number of likely N-dealkylation sites (tertiary alicyclic amines) is 1. The van der Waals surface area contributed by atoms with Gasteiger partial charge >= 0.3 is 0 Å². The molecule has 0 aliphatic carbocycles. The van der Waals surface area contributed by atoms with E-state index in [1.165, 1.54) is 32.4 Å². The highest BCUT2D eigenvalue weighted by Gasteiger charge is 2.28. The Kier molecular flexibility index (Phi) is 5.42. The molecule has 0 amide bonds. The maximum absolute atomic E-state index is 5.96. The lowest BCUT2D eigenvalue weighted by molar-refractivity contribution is -0.121. The number of nitrogens with one attached hydrogen (secondary N) is 1. The molecule has 2 saturated heterocycles. The molecule has 0 bridgehead atoms. The van der Waals surface area contributed by atoms with Crippen molar-refractivity contribution in [3.05, 3.63) is 0 Å². The first-order chi connectivity index (χ1) is 8.66. The Balaban J connectivity index is 1.54. The van der Waals surface area contributed by atoms with Crippen molar-refractivity contribution < 1.29 is 9.47 Å². The summed E-state index contributed by atoms with van der Waals surface area (Å²) in [7, 11) is 0. The van der Waals surface area contributed by atoms with Gasteiger partial charge in [-0.1, -0.05) is 6.42 Å². The minimum Gasteiger partial charge on any atom is -0.377 e. The molecule has 106 valence electrons. The molecule has 2 aliphatic rings. The van der Waals surface area contributed by atoms with Gasteiger partial charge in [0, 0.05) is 19.6 Å². The van der Waals surface area contributed by atoms with Crippen molar-refractivity contribution in [3.8, 4) is 0 Å². The van der Waals surface area contributed by atoms with Crippen molar-refractivity contribution in [2.75, 3.05) is 45.9 Å². The van der Waals surface area contributed by atoms with E-state index in [1.807, 2.05) is 0 Å². The highest BCUT2D eigenvalue weighted by molar-refractivity contribution is 4.81. The third kappa shape index (κ3) is 4.84. The lowest BCUT2D eigenvalue weighted by Gasteiger charge is -2.36. The fourth-order valence-corrected chi connectivity index (χ4v) is 2.75. The molecule has 1 N–H and O–H groups in total. The summed E-state index contributed by atoms with van der Waals surface area (Å²) in [6, 6.07) is 0. The van der Waals surface area contributed by atoms with E-state index in [0.717, 1.165) is 26.2 Å². The summed E-state index contributed by atoms with van der Waals surface area (Å²) in [6.07, 6.45) is 4.30. The number of rotatable bonds is 5. The van der Waals surface area contributed by atoms with Crippen LogP contribution in [0.5, 0.6) is 0 Å². The smallest absolute Gasteiger partial charge is 0.0940 e. The van der Waals surface area contributed by atoms with Crippen molar-refractivity contribution in [1.82, 2.24) is 10.2 Å². The van der Waals surface area contributed by atoms with E-state index in [0.29, 0.717) is 6.61 Å². The minimum atomic E-state index is -0.0564. The van der Waals surface area contributed by atoms with E-state index >= 15 is 0 Å². The first-order valence-electron chi connectivity index (χ1n) is 7.34. The number of morpholine rings is 1. The van der Waals surface area contributed by atoms with E-state index in [2.05, 4.69) is 24.1 Å². The average molecular weight is 256 g/mol. The van der Waals surface area contributed by atoms with Gasteiger partial charge in [-0.05, 0) is 39.8 Å². The zero-order chi connectivity index (χ0) is 12.8. The van der Waals surface area contributed by atoms with E-state index in [-0.39, 0.29) is 11.7 Å². The molecule has 2 fully saturated rings. The second kappa shape index (κ2) is 6.85. The topological polar surface area (TPSA) is 33.7 Å². The first kappa shape index (κ1) is 14.3. The number of piperidine rings is 1. The summed E-state index contributed by atoms with van der Waals surface area (Å²) in [5, 5.41) is 3.40. The van der Waals surface area contributed by atoms with Crippen molar-refractivity contribution in [3.63, 3.8) is 0 Å². The van der Waals surface area contributed by atoms with Crippen LogP contribution in [0.2, 0.25) is 0 Å². The Labute approximate surface area is 111 Å². The van der Waals surface area contributed by atoms with Gasteiger partial charge in [0.2, 0.25) is 0 Å². The van der Waals surface area contributed by atoms with Crippen molar-refractivity contribution in [1.29, 1.82) is 0 Å². The van der Waals surface area contributed by atoms with Crippen molar-refractivity contribution in [2.45, 2.75) is 44.8 Å². The maximum atomic E-state index is 5.96. The third-order valence-electron chi connectivity index (χ3n) is 3.71. The molecule has 0 aromatic rings. The summed E-state index contributed by atoms with van der Waals surface area (Å²) in [5.74, 6) is 0. The molecule has 4 nitrogen and oxygen atoms in total. The van der Waals surface area contributed by atoms with Gasteiger partial charge in [0.05, 0.1) is 24.9 Å². The molecule has 0 aromatic heterocycles.